The molecule has 7 nitrogen and oxygen atoms in total. The van der Waals surface area contributed by atoms with Crippen molar-refractivity contribution in [3.8, 4) is 0 Å². The molecule has 14 heavy (non-hydrogen) atoms. The predicted molar refractivity (Wildman–Crippen MR) is 45.3 cm³/mol. The maximum absolute atomic E-state index is 11.1. The van der Waals surface area contributed by atoms with Gasteiger partial charge in [-0.05, 0) is 0 Å². The maximum Gasteiger partial charge on any atom is 0.324 e. The molecule has 1 atom stereocenters. The number of carboxylic acid groups (broad SMARTS) is 1. The second-order valence-corrected chi connectivity index (χ2v) is 2.99. The Morgan fingerprint density at radius 3 is 2.79 bits per heavy atom. The molecule has 0 saturated carbocycles. The Hall–Kier alpha value is -1.63. The van der Waals surface area contributed by atoms with Crippen molar-refractivity contribution in [2.24, 2.45) is 5.73 Å². The number of imide groups is 1. The first-order chi connectivity index (χ1) is 6.50. The Labute approximate surface area is 79.9 Å². The molecule has 3 amide bonds. The van der Waals surface area contributed by atoms with E-state index in [9.17, 15) is 14.4 Å². The van der Waals surface area contributed by atoms with Gasteiger partial charge in [0.15, 0.2) is 0 Å². The number of nitrogens with one attached hydrogen (secondary N) is 1. The molecule has 0 spiro atoms. The third-order valence-corrected chi connectivity index (χ3v) is 1.88. The van der Waals surface area contributed by atoms with Gasteiger partial charge >= 0.3 is 12.0 Å². The molecule has 0 bridgehead atoms. The van der Waals surface area contributed by atoms with Crippen LogP contribution in [0.25, 0.3) is 0 Å². The fourth-order valence-corrected chi connectivity index (χ4v) is 1.09. The molecular weight excluding hydrogens is 190 g/mol. The Morgan fingerprint density at radius 1 is 1.64 bits per heavy atom. The van der Waals surface area contributed by atoms with Crippen molar-refractivity contribution in [3.05, 3.63) is 0 Å². The van der Waals surface area contributed by atoms with E-state index < -0.39 is 18.0 Å². The summed E-state index contributed by atoms with van der Waals surface area (Å²) < 4.78 is 0. The van der Waals surface area contributed by atoms with Crippen molar-refractivity contribution in [3.63, 3.8) is 0 Å². The Balaban J connectivity index is 2.49. The molecule has 4 N–H and O–H groups in total. The first-order valence-corrected chi connectivity index (χ1v) is 4.08. The average Bonchev–Trinajstić information content (AvgIpc) is 2.09. The number of rotatable bonds is 3. The predicted octanol–water partition coefficient (Wildman–Crippen LogP) is -1.66. The van der Waals surface area contributed by atoms with Gasteiger partial charge < -0.3 is 15.7 Å². The first-order valence-electron chi connectivity index (χ1n) is 4.08. The number of nitrogens with two attached hydrogens (primary N) is 1. The minimum atomic E-state index is -1.17. The maximum atomic E-state index is 11.1. The van der Waals surface area contributed by atoms with Crippen LogP contribution in [0.5, 0.6) is 0 Å². The normalized spacial score (nSPS) is 19.1. The third kappa shape index (κ3) is 2.43. The van der Waals surface area contributed by atoms with Gasteiger partial charge in [0.2, 0.25) is 5.91 Å². The average molecular weight is 201 g/mol. The van der Waals surface area contributed by atoms with Crippen LogP contribution in [-0.2, 0) is 9.59 Å². The van der Waals surface area contributed by atoms with Crippen LogP contribution in [-0.4, -0.2) is 47.0 Å². The molecule has 1 rings (SSSR count). The fraction of sp³-hybridized carbons (Fsp3) is 0.571. The molecule has 1 saturated heterocycles. The van der Waals surface area contributed by atoms with Crippen LogP contribution in [0, 0.1) is 0 Å². The summed E-state index contributed by atoms with van der Waals surface area (Å²) >= 11 is 0. The molecular formula is C7H11N3O4. The number of aliphatic carboxylic acids is 1. The standard InChI is InChI=1S/C7H11N3O4/c8-4(6(12)13)3-10-2-1-5(11)9-7(10)14/h4H,1-3,8H2,(H,12,13)(H,9,11,14)/t4-/m0/s1. The highest BCUT2D eigenvalue weighted by Gasteiger charge is 2.26. The van der Waals surface area contributed by atoms with E-state index in [1.54, 1.807) is 0 Å². The summed E-state index contributed by atoms with van der Waals surface area (Å²) in [5, 5.41) is 10.6. The number of hydrogen-bond donors (Lipinski definition) is 3. The number of nitrogens with zero attached hydrogens (tertiary/aromatic N) is 1. The highest BCUT2D eigenvalue weighted by molar-refractivity contribution is 5.96. The number of carbonyl (C=O) groups is 3. The quantitative estimate of drug-likeness (QED) is 0.505. The monoisotopic (exact) mass is 201 g/mol. The fourth-order valence-electron chi connectivity index (χ4n) is 1.09. The van der Waals surface area contributed by atoms with Gasteiger partial charge in [0.1, 0.15) is 6.04 Å². The van der Waals surface area contributed by atoms with Gasteiger partial charge in [0.25, 0.3) is 0 Å². The molecule has 1 heterocycles. The van der Waals surface area contributed by atoms with Crippen LogP contribution in [0.4, 0.5) is 4.79 Å². The molecule has 7 heteroatoms. The van der Waals surface area contributed by atoms with Crippen LogP contribution in [0.15, 0.2) is 0 Å². The molecule has 78 valence electrons. The van der Waals surface area contributed by atoms with Crippen molar-refractivity contribution in [1.29, 1.82) is 0 Å². The van der Waals surface area contributed by atoms with Crippen molar-refractivity contribution >= 4 is 17.9 Å². The smallest absolute Gasteiger partial charge is 0.324 e. The summed E-state index contributed by atoms with van der Waals surface area (Å²) in [6, 6.07) is -1.70. The zero-order valence-corrected chi connectivity index (χ0v) is 7.40. The Morgan fingerprint density at radius 2 is 2.29 bits per heavy atom. The third-order valence-electron chi connectivity index (χ3n) is 1.88. The van der Waals surface area contributed by atoms with Gasteiger partial charge in [0, 0.05) is 19.5 Å². The number of urea groups is 1. The van der Waals surface area contributed by atoms with Crippen LogP contribution < -0.4 is 11.1 Å². The molecule has 0 aromatic heterocycles. The number of carbonyl (C=O) groups excluding carboxylic acids is 2. The van der Waals surface area contributed by atoms with E-state index in [-0.39, 0.29) is 25.4 Å². The Kier molecular flexibility index (Phi) is 3.03. The summed E-state index contributed by atoms with van der Waals surface area (Å²) in [7, 11) is 0. The van der Waals surface area contributed by atoms with Crippen molar-refractivity contribution in [2.45, 2.75) is 12.5 Å². The van der Waals surface area contributed by atoms with E-state index in [4.69, 9.17) is 10.8 Å². The molecule has 0 radical (unpaired) electrons. The van der Waals surface area contributed by atoms with Gasteiger partial charge in [-0.25, -0.2) is 4.79 Å². The molecule has 1 aliphatic rings. The lowest BCUT2D eigenvalue weighted by Gasteiger charge is -2.27. The van der Waals surface area contributed by atoms with Crippen LogP contribution in [0.3, 0.4) is 0 Å². The van der Waals surface area contributed by atoms with Crippen molar-refractivity contribution in [1.82, 2.24) is 10.2 Å². The van der Waals surface area contributed by atoms with E-state index in [1.807, 2.05) is 0 Å². The van der Waals surface area contributed by atoms with Crippen LogP contribution >= 0.6 is 0 Å². The molecule has 0 aromatic carbocycles. The highest BCUT2D eigenvalue weighted by atomic mass is 16.4. The van der Waals surface area contributed by atoms with Crippen LogP contribution in [0.1, 0.15) is 6.42 Å². The number of hydrogen-bond acceptors (Lipinski definition) is 4. The molecule has 1 fully saturated rings. The summed E-state index contributed by atoms with van der Waals surface area (Å²) in [4.78, 5) is 33.4. The van der Waals surface area contributed by atoms with Gasteiger partial charge in [-0.2, -0.15) is 0 Å². The minimum Gasteiger partial charge on any atom is -0.480 e. The SMILES string of the molecule is N[C@@H](CN1CCC(=O)NC1=O)C(=O)O. The van der Waals surface area contributed by atoms with Gasteiger partial charge in [-0.3, -0.25) is 14.9 Å². The molecule has 1 aliphatic heterocycles. The largest absolute Gasteiger partial charge is 0.480 e. The zero-order valence-electron chi connectivity index (χ0n) is 7.40. The first kappa shape index (κ1) is 10.5. The topological polar surface area (TPSA) is 113 Å². The number of carboxylic acids is 1. The van der Waals surface area contributed by atoms with Gasteiger partial charge in [-0.1, -0.05) is 0 Å². The van der Waals surface area contributed by atoms with E-state index in [2.05, 4.69) is 5.32 Å². The van der Waals surface area contributed by atoms with Gasteiger partial charge in [0.05, 0.1) is 0 Å². The molecule has 0 aliphatic carbocycles. The van der Waals surface area contributed by atoms with Crippen LogP contribution in [0.2, 0.25) is 0 Å². The molecule has 0 aromatic rings. The molecule has 0 unspecified atom stereocenters. The number of amides is 3. The summed E-state index contributed by atoms with van der Waals surface area (Å²) in [5.41, 5.74) is 5.24. The highest BCUT2D eigenvalue weighted by Crippen LogP contribution is 2.00. The van der Waals surface area contributed by atoms with Crippen molar-refractivity contribution in [2.75, 3.05) is 13.1 Å². The second kappa shape index (κ2) is 4.05. The summed E-state index contributed by atoms with van der Waals surface area (Å²) in [6.07, 6.45) is 0.179. The second-order valence-electron chi connectivity index (χ2n) is 2.99. The lowest BCUT2D eigenvalue weighted by atomic mass is 10.2. The lowest BCUT2D eigenvalue weighted by molar-refractivity contribution is -0.138. The van der Waals surface area contributed by atoms with E-state index >= 15 is 0 Å². The van der Waals surface area contributed by atoms with E-state index in [1.165, 1.54) is 4.90 Å². The summed E-state index contributed by atoms with van der Waals surface area (Å²) in [5.74, 6) is -1.52. The summed E-state index contributed by atoms with van der Waals surface area (Å²) in [6.45, 7) is 0.125. The lowest BCUT2D eigenvalue weighted by Crippen LogP contribution is -2.54. The minimum absolute atomic E-state index is 0.0888. The van der Waals surface area contributed by atoms with Gasteiger partial charge in [-0.15, -0.1) is 0 Å². The zero-order chi connectivity index (χ0) is 10.7. The van der Waals surface area contributed by atoms with E-state index in [0.717, 1.165) is 0 Å². The van der Waals surface area contributed by atoms with E-state index in [0.29, 0.717) is 0 Å². The Bertz CT molecular complexity index is 278. The van der Waals surface area contributed by atoms with Crippen molar-refractivity contribution < 1.29 is 19.5 Å².